The van der Waals surface area contributed by atoms with Gasteiger partial charge in [-0.15, -0.1) is 0 Å². The van der Waals surface area contributed by atoms with Crippen LogP contribution < -0.4 is 0 Å². The van der Waals surface area contributed by atoms with Crippen LogP contribution in [0.15, 0.2) is 0 Å². The van der Waals surface area contributed by atoms with Crippen molar-refractivity contribution in [1.29, 1.82) is 0 Å². The molecule has 1 aliphatic heterocycles. The third kappa shape index (κ3) is 2.27. The van der Waals surface area contributed by atoms with Crippen LogP contribution in [-0.4, -0.2) is 35.7 Å². The lowest BCUT2D eigenvalue weighted by atomic mass is 10.2. The molecular weight excluding hydrogens is 126 g/mol. The van der Waals surface area contributed by atoms with Gasteiger partial charge < -0.3 is 10.0 Å². The Bertz CT molecular complexity index is 95.3. The van der Waals surface area contributed by atoms with Crippen LogP contribution in [0.2, 0.25) is 0 Å². The number of nitrogens with zero attached hydrogens (tertiary/aromatic N) is 1. The summed E-state index contributed by atoms with van der Waals surface area (Å²) >= 11 is 0. The lowest BCUT2D eigenvalue weighted by molar-refractivity contribution is 0.124. The Morgan fingerprint density at radius 1 is 1.50 bits per heavy atom. The molecule has 0 unspecified atom stereocenters. The molecule has 0 bridgehead atoms. The monoisotopic (exact) mass is 143 g/mol. The summed E-state index contributed by atoms with van der Waals surface area (Å²) in [5.74, 6) is 0. The zero-order valence-electron chi connectivity index (χ0n) is 6.71. The van der Waals surface area contributed by atoms with Crippen LogP contribution in [0, 0.1) is 0 Å². The van der Waals surface area contributed by atoms with Gasteiger partial charge in [-0.2, -0.15) is 0 Å². The Balaban J connectivity index is 2.30. The highest BCUT2D eigenvalue weighted by molar-refractivity contribution is 4.68. The molecule has 0 aromatic heterocycles. The molecule has 1 aliphatic rings. The molecule has 0 saturated carbocycles. The smallest absolute Gasteiger partial charge is 0.0667 e. The Labute approximate surface area is 62.8 Å². The standard InChI is InChI=1S/C8H17NO/c1-2-9-6-4-3-5-8(10)7-9/h8,10H,2-7H2,1H3/t8-/m1/s1. The first-order chi connectivity index (χ1) is 4.83. The molecule has 0 radical (unpaired) electrons. The normalized spacial score (nSPS) is 30.0. The van der Waals surface area contributed by atoms with Gasteiger partial charge in [-0.05, 0) is 32.4 Å². The number of likely N-dealkylation sites (tertiary alicyclic amines) is 1. The molecule has 0 aromatic carbocycles. The predicted molar refractivity (Wildman–Crippen MR) is 42.0 cm³/mol. The predicted octanol–water partition coefficient (Wildman–Crippen LogP) is 0.853. The minimum absolute atomic E-state index is 0.0672. The first-order valence-corrected chi connectivity index (χ1v) is 4.23. The van der Waals surface area contributed by atoms with Crippen LogP contribution in [0.1, 0.15) is 26.2 Å². The molecule has 1 saturated heterocycles. The Hall–Kier alpha value is -0.0800. The summed E-state index contributed by atoms with van der Waals surface area (Å²) in [7, 11) is 0. The van der Waals surface area contributed by atoms with E-state index in [1.54, 1.807) is 0 Å². The average molecular weight is 143 g/mol. The van der Waals surface area contributed by atoms with Gasteiger partial charge in [0.2, 0.25) is 0 Å². The van der Waals surface area contributed by atoms with Crippen LogP contribution >= 0.6 is 0 Å². The second kappa shape index (κ2) is 3.94. The van der Waals surface area contributed by atoms with Gasteiger partial charge in [0.05, 0.1) is 6.10 Å². The van der Waals surface area contributed by atoms with E-state index in [2.05, 4.69) is 11.8 Å². The highest BCUT2D eigenvalue weighted by Gasteiger charge is 2.13. The maximum absolute atomic E-state index is 9.35. The van der Waals surface area contributed by atoms with Crippen molar-refractivity contribution in [3.05, 3.63) is 0 Å². The number of likely N-dealkylation sites (N-methyl/N-ethyl adjacent to an activating group) is 1. The molecule has 60 valence electrons. The lowest BCUT2D eigenvalue weighted by Gasteiger charge is -2.18. The fraction of sp³-hybridized carbons (Fsp3) is 1.00. The van der Waals surface area contributed by atoms with Crippen LogP contribution in [0.3, 0.4) is 0 Å². The van der Waals surface area contributed by atoms with Crippen molar-refractivity contribution < 1.29 is 5.11 Å². The molecule has 0 spiro atoms. The third-order valence-electron chi connectivity index (χ3n) is 2.18. The average Bonchev–Trinajstić information content (AvgIpc) is 2.13. The summed E-state index contributed by atoms with van der Waals surface area (Å²) < 4.78 is 0. The molecule has 1 fully saturated rings. The lowest BCUT2D eigenvalue weighted by Crippen LogP contribution is -2.30. The Morgan fingerprint density at radius 3 is 3.00 bits per heavy atom. The SMILES string of the molecule is CCN1CCCC[C@@H](O)C1. The fourth-order valence-electron chi connectivity index (χ4n) is 1.48. The van der Waals surface area contributed by atoms with Crippen LogP contribution in [-0.2, 0) is 0 Å². The number of aliphatic hydroxyl groups is 1. The molecular formula is C8H17NO. The largest absolute Gasteiger partial charge is 0.392 e. The van der Waals surface area contributed by atoms with Crippen molar-refractivity contribution in [2.45, 2.75) is 32.3 Å². The van der Waals surface area contributed by atoms with Gasteiger partial charge in [-0.25, -0.2) is 0 Å². The van der Waals surface area contributed by atoms with E-state index >= 15 is 0 Å². The summed E-state index contributed by atoms with van der Waals surface area (Å²) in [5, 5.41) is 9.35. The Kier molecular flexibility index (Phi) is 3.16. The van der Waals surface area contributed by atoms with E-state index in [1.807, 2.05) is 0 Å². The van der Waals surface area contributed by atoms with E-state index in [4.69, 9.17) is 0 Å². The van der Waals surface area contributed by atoms with Crippen LogP contribution in [0.25, 0.3) is 0 Å². The van der Waals surface area contributed by atoms with Crippen molar-refractivity contribution in [2.75, 3.05) is 19.6 Å². The number of hydrogen-bond acceptors (Lipinski definition) is 2. The van der Waals surface area contributed by atoms with Gasteiger partial charge in [0.15, 0.2) is 0 Å². The molecule has 0 amide bonds. The van der Waals surface area contributed by atoms with Gasteiger partial charge in [0.25, 0.3) is 0 Å². The number of β-amino-alcohol motifs (C(OH)–C–C–N with tert-alkyl or cyclic N) is 1. The molecule has 1 heterocycles. The highest BCUT2D eigenvalue weighted by Crippen LogP contribution is 2.09. The minimum atomic E-state index is -0.0672. The van der Waals surface area contributed by atoms with Crippen molar-refractivity contribution in [2.24, 2.45) is 0 Å². The van der Waals surface area contributed by atoms with Crippen molar-refractivity contribution in [3.8, 4) is 0 Å². The summed E-state index contributed by atoms with van der Waals surface area (Å²) in [4.78, 5) is 2.32. The zero-order chi connectivity index (χ0) is 7.40. The quantitative estimate of drug-likeness (QED) is 0.588. The topological polar surface area (TPSA) is 23.5 Å². The zero-order valence-corrected chi connectivity index (χ0v) is 6.71. The molecule has 1 rings (SSSR count). The van der Waals surface area contributed by atoms with E-state index in [9.17, 15) is 5.11 Å². The molecule has 0 aliphatic carbocycles. The number of rotatable bonds is 1. The molecule has 1 N–H and O–H groups in total. The highest BCUT2D eigenvalue weighted by atomic mass is 16.3. The molecule has 2 nitrogen and oxygen atoms in total. The van der Waals surface area contributed by atoms with E-state index in [0.29, 0.717) is 0 Å². The number of aliphatic hydroxyl groups excluding tert-OH is 1. The van der Waals surface area contributed by atoms with Crippen molar-refractivity contribution >= 4 is 0 Å². The van der Waals surface area contributed by atoms with Crippen LogP contribution in [0.5, 0.6) is 0 Å². The molecule has 2 heteroatoms. The summed E-state index contributed by atoms with van der Waals surface area (Å²) in [5.41, 5.74) is 0. The summed E-state index contributed by atoms with van der Waals surface area (Å²) in [6.45, 7) is 5.29. The fourth-order valence-corrected chi connectivity index (χ4v) is 1.48. The first-order valence-electron chi connectivity index (χ1n) is 4.23. The van der Waals surface area contributed by atoms with Crippen molar-refractivity contribution in [3.63, 3.8) is 0 Å². The van der Waals surface area contributed by atoms with Gasteiger partial charge >= 0.3 is 0 Å². The van der Waals surface area contributed by atoms with Gasteiger partial charge in [-0.3, -0.25) is 0 Å². The van der Waals surface area contributed by atoms with E-state index in [1.165, 1.54) is 19.4 Å². The number of hydrogen-bond donors (Lipinski definition) is 1. The van der Waals surface area contributed by atoms with E-state index in [-0.39, 0.29) is 6.10 Å². The first kappa shape index (κ1) is 8.02. The summed E-state index contributed by atoms with van der Waals surface area (Å²) in [6, 6.07) is 0. The summed E-state index contributed by atoms with van der Waals surface area (Å²) in [6.07, 6.45) is 3.38. The maximum atomic E-state index is 9.35. The van der Waals surface area contributed by atoms with Gasteiger partial charge in [0.1, 0.15) is 0 Å². The van der Waals surface area contributed by atoms with Gasteiger partial charge in [0, 0.05) is 6.54 Å². The minimum Gasteiger partial charge on any atom is -0.392 e. The molecule has 0 aromatic rings. The third-order valence-corrected chi connectivity index (χ3v) is 2.18. The molecule has 10 heavy (non-hydrogen) atoms. The van der Waals surface area contributed by atoms with E-state index < -0.39 is 0 Å². The Morgan fingerprint density at radius 2 is 2.30 bits per heavy atom. The van der Waals surface area contributed by atoms with E-state index in [0.717, 1.165) is 19.5 Å². The second-order valence-corrected chi connectivity index (χ2v) is 3.04. The maximum Gasteiger partial charge on any atom is 0.0667 e. The van der Waals surface area contributed by atoms with Crippen LogP contribution in [0.4, 0.5) is 0 Å². The van der Waals surface area contributed by atoms with Gasteiger partial charge in [-0.1, -0.05) is 6.92 Å². The molecule has 1 atom stereocenters. The van der Waals surface area contributed by atoms with Crippen molar-refractivity contribution in [1.82, 2.24) is 4.90 Å². The second-order valence-electron chi connectivity index (χ2n) is 3.04.